The number of benzene rings is 3. The van der Waals surface area contributed by atoms with Crippen LogP contribution >= 0.6 is 11.8 Å². The molecule has 1 aromatic heterocycles. The summed E-state index contributed by atoms with van der Waals surface area (Å²) in [5, 5.41) is 4.02. The van der Waals surface area contributed by atoms with Gasteiger partial charge in [-0.1, -0.05) is 48.2 Å². The van der Waals surface area contributed by atoms with Crippen molar-refractivity contribution in [1.82, 2.24) is 9.88 Å². The fourth-order valence-corrected chi connectivity index (χ4v) is 5.35. The van der Waals surface area contributed by atoms with Crippen LogP contribution in [0.25, 0.3) is 10.9 Å². The van der Waals surface area contributed by atoms with Gasteiger partial charge in [0.25, 0.3) is 0 Å². The number of nitrogens with one attached hydrogen (secondary N) is 2. The lowest BCUT2D eigenvalue weighted by atomic mass is 10.1. The molecule has 7 nitrogen and oxygen atoms in total. The average molecular weight is 499 g/mol. The highest BCUT2D eigenvalue weighted by molar-refractivity contribution is 8.15. The van der Waals surface area contributed by atoms with E-state index < -0.39 is 5.25 Å². The van der Waals surface area contributed by atoms with Crippen molar-refractivity contribution in [2.24, 2.45) is 4.99 Å². The first-order valence-electron chi connectivity index (χ1n) is 11.7. The Morgan fingerprint density at radius 3 is 2.58 bits per heavy atom. The minimum atomic E-state index is -0.528. The van der Waals surface area contributed by atoms with Gasteiger partial charge in [-0.2, -0.15) is 0 Å². The van der Waals surface area contributed by atoms with Gasteiger partial charge in [0.2, 0.25) is 11.8 Å². The third-order valence-electron chi connectivity index (χ3n) is 6.01. The zero-order chi connectivity index (χ0) is 24.9. The Morgan fingerprint density at radius 2 is 1.83 bits per heavy atom. The van der Waals surface area contributed by atoms with Crippen LogP contribution in [0, 0.1) is 0 Å². The molecule has 8 heteroatoms. The van der Waals surface area contributed by atoms with Gasteiger partial charge in [-0.05, 0) is 54.4 Å². The Labute approximate surface area is 213 Å². The highest BCUT2D eigenvalue weighted by atomic mass is 32.2. The summed E-state index contributed by atoms with van der Waals surface area (Å²) in [6.45, 7) is 0.457. The van der Waals surface area contributed by atoms with Crippen molar-refractivity contribution in [2.45, 2.75) is 18.1 Å². The molecule has 36 heavy (non-hydrogen) atoms. The van der Waals surface area contributed by atoms with Crippen molar-refractivity contribution in [3.05, 3.63) is 90.6 Å². The van der Waals surface area contributed by atoms with Gasteiger partial charge in [0.15, 0.2) is 5.17 Å². The zero-order valence-corrected chi connectivity index (χ0v) is 20.6. The Kier molecular flexibility index (Phi) is 7.04. The molecular formula is C28H26N4O3S. The monoisotopic (exact) mass is 498 g/mol. The molecule has 2 amide bonds. The number of aromatic nitrogens is 1. The number of hydrogen-bond donors (Lipinski definition) is 2. The molecule has 0 saturated carbocycles. The van der Waals surface area contributed by atoms with E-state index >= 15 is 0 Å². The number of aliphatic imine (C=N–C) groups is 1. The molecule has 0 aliphatic carbocycles. The first kappa shape index (κ1) is 23.7. The maximum absolute atomic E-state index is 13.4. The number of aromatic amines is 1. The second kappa shape index (κ2) is 10.7. The van der Waals surface area contributed by atoms with Gasteiger partial charge in [0.1, 0.15) is 11.0 Å². The van der Waals surface area contributed by atoms with E-state index in [2.05, 4.69) is 10.3 Å². The van der Waals surface area contributed by atoms with Gasteiger partial charge < -0.3 is 15.0 Å². The first-order chi connectivity index (χ1) is 17.6. The molecule has 0 radical (unpaired) electrons. The van der Waals surface area contributed by atoms with Crippen molar-refractivity contribution in [3.63, 3.8) is 0 Å². The van der Waals surface area contributed by atoms with Gasteiger partial charge >= 0.3 is 0 Å². The second-order valence-electron chi connectivity index (χ2n) is 8.42. The molecule has 1 aliphatic rings. The minimum Gasteiger partial charge on any atom is -0.497 e. The quantitative estimate of drug-likeness (QED) is 0.342. The van der Waals surface area contributed by atoms with Crippen molar-refractivity contribution < 1.29 is 14.3 Å². The van der Waals surface area contributed by atoms with Gasteiger partial charge in [-0.3, -0.25) is 14.5 Å². The normalized spacial score (nSPS) is 16.6. The minimum absolute atomic E-state index is 0.0764. The second-order valence-corrected chi connectivity index (χ2v) is 9.59. The smallest absolute Gasteiger partial charge is 0.242 e. The molecule has 1 atom stereocenters. The lowest BCUT2D eigenvalue weighted by Gasteiger charge is -2.16. The van der Waals surface area contributed by atoms with E-state index in [9.17, 15) is 9.59 Å². The molecule has 2 N–H and O–H groups in total. The highest BCUT2D eigenvalue weighted by Gasteiger charge is 2.39. The Bertz CT molecular complexity index is 1400. The molecule has 1 fully saturated rings. The average Bonchev–Trinajstić information content (AvgIpc) is 3.43. The molecule has 1 saturated heterocycles. The molecular weight excluding hydrogens is 472 g/mol. The van der Waals surface area contributed by atoms with Crippen LogP contribution in [0.15, 0.2) is 90.1 Å². The molecule has 4 aromatic rings. The summed E-state index contributed by atoms with van der Waals surface area (Å²) in [6.07, 6.45) is 2.68. The fraction of sp³-hybridized carbons (Fsp3) is 0.179. The number of carbonyl (C=O) groups excluding carboxylic acids is 2. The number of fused-ring (bicyclic) bond motifs is 1. The number of anilines is 1. The zero-order valence-electron chi connectivity index (χ0n) is 19.8. The van der Waals surface area contributed by atoms with Crippen molar-refractivity contribution >= 4 is 51.0 Å². The third-order valence-corrected chi connectivity index (χ3v) is 7.18. The van der Waals surface area contributed by atoms with E-state index in [0.717, 1.165) is 27.9 Å². The van der Waals surface area contributed by atoms with Crippen LogP contribution in [0.3, 0.4) is 0 Å². The van der Waals surface area contributed by atoms with Gasteiger partial charge in [0.05, 0.1) is 12.8 Å². The van der Waals surface area contributed by atoms with Gasteiger partial charge in [0, 0.05) is 35.8 Å². The van der Waals surface area contributed by atoms with Crippen LogP contribution in [0.2, 0.25) is 0 Å². The summed E-state index contributed by atoms with van der Waals surface area (Å²) in [5.74, 6) is 0.485. The molecule has 0 spiro atoms. The van der Waals surface area contributed by atoms with Crippen LogP contribution < -0.4 is 10.1 Å². The fourth-order valence-electron chi connectivity index (χ4n) is 4.17. The number of para-hydroxylation sites is 2. The molecule has 1 aliphatic heterocycles. The summed E-state index contributed by atoms with van der Waals surface area (Å²) >= 11 is 1.35. The predicted octanol–water partition coefficient (Wildman–Crippen LogP) is 5.38. The number of thioether (sulfide) groups is 1. The number of ether oxygens (including phenoxy) is 1. The van der Waals surface area contributed by atoms with E-state index in [1.165, 1.54) is 11.8 Å². The summed E-state index contributed by atoms with van der Waals surface area (Å²) in [5.41, 5.74) is 3.58. The number of carbonyl (C=O) groups is 2. The largest absolute Gasteiger partial charge is 0.497 e. The number of amides is 2. The van der Waals surface area contributed by atoms with E-state index in [0.29, 0.717) is 23.8 Å². The molecule has 2 heterocycles. The van der Waals surface area contributed by atoms with Crippen LogP contribution in [0.1, 0.15) is 12.0 Å². The van der Waals surface area contributed by atoms with E-state index in [1.807, 2.05) is 85.1 Å². The Hall–Kier alpha value is -4.04. The molecule has 0 bridgehead atoms. The molecule has 182 valence electrons. The number of amidine groups is 1. The molecule has 3 aromatic carbocycles. The van der Waals surface area contributed by atoms with E-state index in [4.69, 9.17) is 9.73 Å². The first-order valence-corrected chi connectivity index (χ1v) is 12.6. The number of H-pyrrole nitrogens is 1. The predicted molar refractivity (Wildman–Crippen MR) is 145 cm³/mol. The Morgan fingerprint density at radius 1 is 1.08 bits per heavy atom. The van der Waals surface area contributed by atoms with E-state index in [1.54, 1.807) is 12.0 Å². The van der Waals surface area contributed by atoms with Crippen LogP contribution in [-0.4, -0.2) is 45.8 Å². The van der Waals surface area contributed by atoms with Gasteiger partial charge in [-0.25, -0.2) is 4.99 Å². The molecule has 0 unspecified atom stereocenters. The maximum Gasteiger partial charge on any atom is 0.242 e. The maximum atomic E-state index is 13.4. The lowest BCUT2D eigenvalue weighted by Crippen LogP contribution is -2.35. The Balaban J connectivity index is 1.35. The van der Waals surface area contributed by atoms with E-state index in [-0.39, 0.29) is 18.2 Å². The van der Waals surface area contributed by atoms with Gasteiger partial charge in [-0.15, -0.1) is 0 Å². The SMILES string of the molecule is COc1ccc2[nH]cc(CCN3C(=O)[C@@H](CC(=O)Nc4ccccc4)SC3=Nc3ccccc3)c2c1. The summed E-state index contributed by atoms with van der Waals surface area (Å²) < 4.78 is 5.38. The number of rotatable bonds is 8. The summed E-state index contributed by atoms with van der Waals surface area (Å²) in [6, 6.07) is 24.7. The summed E-state index contributed by atoms with van der Waals surface area (Å²) in [7, 11) is 1.65. The van der Waals surface area contributed by atoms with Crippen LogP contribution in [0.4, 0.5) is 11.4 Å². The standard InChI is InChI=1S/C28H26N4O3S/c1-35-22-12-13-24-23(16-22)19(18-29-24)14-15-32-27(34)25(17-26(33)30-20-8-4-2-5-9-20)36-28(32)31-21-10-6-3-7-11-21/h2-13,16,18,25,29H,14-15,17H2,1H3,(H,30,33)/t25-/m1/s1. The number of hydrogen-bond acceptors (Lipinski definition) is 5. The van der Waals surface area contributed by atoms with Crippen molar-refractivity contribution in [1.29, 1.82) is 0 Å². The van der Waals surface area contributed by atoms with Crippen LogP contribution in [-0.2, 0) is 16.0 Å². The lowest BCUT2D eigenvalue weighted by molar-refractivity contribution is -0.128. The topological polar surface area (TPSA) is 86.8 Å². The molecule has 5 rings (SSSR count). The van der Waals surface area contributed by atoms with Crippen molar-refractivity contribution in [2.75, 3.05) is 19.0 Å². The number of nitrogens with zero attached hydrogens (tertiary/aromatic N) is 2. The number of methoxy groups -OCH3 is 1. The summed E-state index contributed by atoms with van der Waals surface area (Å²) in [4.78, 5) is 35.9. The van der Waals surface area contributed by atoms with Crippen molar-refractivity contribution in [3.8, 4) is 5.75 Å². The van der Waals surface area contributed by atoms with Crippen LogP contribution in [0.5, 0.6) is 5.75 Å². The highest BCUT2D eigenvalue weighted by Crippen LogP contribution is 2.33. The third kappa shape index (κ3) is 5.28.